The lowest BCUT2D eigenvalue weighted by Gasteiger charge is -2.21. The maximum atomic E-state index is 3.65. The molecule has 1 heteroatoms. The second-order valence-corrected chi connectivity index (χ2v) is 3.47. The van der Waals surface area contributed by atoms with Crippen molar-refractivity contribution in [3.63, 3.8) is 0 Å². The Kier molecular flexibility index (Phi) is 6.25. The van der Waals surface area contributed by atoms with Crippen LogP contribution in [0, 0.1) is 0 Å². The molecule has 0 aromatic carbocycles. The molecule has 74 valence electrons. The van der Waals surface area contributed by atoms with Gasteiger partial charge in [0.15, 0.2) is 0 Å². The van der Waals surface area contributed by atoms with Gasteiger partial charge in [-0.3, -0.25) is 4.90 Å². The summed E-state index contributed by atoms with van der Waals surface area (Å²) in [6.45, 7) is 11.1. The molecular weight excluding hydrogens is 158 g/mol. The van der Waals surface area contributed by atoms with Crippen molar-refractivity contribution in [2.24, 2.45) is 0 Å². The summed E-state index contributed by atoms with van der Waals surface area (Å²) in [7, 11) is 2.13. The Morgan fingerprint density at radius 2 is 2.08 bits per heavy atom. The van der Waals surface area contributed by atoms with Crippen molar-refractivity contribution >= 4 is 0 Å². The van der Waals surface area contributed by atoms with E-state index in [1.54, 1.807) is 6.08 Å². The average Bonchev–Trinajstić information content (AvgIpc) is 2.11. The molecule has 0 bridgehead atoms. The summed E-state index contributed by atoms with van der Waals surface area (Å²) in [6.07, 6.45) is 8.02. The molecule has 0 aromatic heterocycles. The Morgan fingerprint density at radius 3 is 2.46 bits per heavy atom. The summed E-state index contributed by atoms with van der Waals surface area (Å²) >= 11 is 0. The van der Waals surface area contributed by atoms with Gasteiger partial charge in [-0.05, 0) is 33.4 Å². The molecule has 0 N–H and O–H groups in total. The molecule has 0 rings (SSSR count). The predicted molar refractivity (Wildman–Crippen MR) is 60.9 cm³/mol. The monoisotopic (exact) mass is 179 g/mol. The lowest BCUT2D eigenvalue weighted by atomic mass is 10.2. The van der Waals surface area contributed by atoms with Crippen molar-refractivity contribution in [1.29, 1.82) is 0 Å². The zero-order valence-electron chi connectivity index (χ0n) is 9.25. The number of nitrogens with zero attached hydrogens (tertiary/aromatic N) is 1. The summed E-state index contributed by atoms with van der Waals surface area (Å²) in [6, 6.07) is 0.590. The van der Waals surface area contributed by atoms with Gasteiger partial charge >= 0.3 is 0 Å². The first-order chi connectivity index (χ1) is 6.11. The molecule has 0 aliphatic heterocycles. The SMILES string of the molecule is C=C/C=C\C(=C/C)CN(C)C(C)C. The van der Waals surface area contributed by atoms with Crippen LogP contribution in [0.15, 0.2) is 36.5 Å². The van der Waals surface area contributed by atoms with Crippen molar-refractivity contribution in [2.45, 2.75) is 26.8 Å². The van der Waals surface area contributed by atoms with Crippen LogP contribution in [0.2, 0.25) is 0 Å². The highest BCUT2D eigenvalue weighted by molar-refractivity contribution is 5.22. The van der Waals surface area contributed by atoms with Crippen LogP contribution in [0.4, 0.5) is 0 Å². The van der Waals surface area contributed by atoms with E-state index < -0.39 is 0 Å². The highest BCUT2D eigenvalue weighted by atomic mass is 15.1. The zero-order chi connectivity index (χ0) is 10.3. The Labute approximate surface area is 82.4 Å². The molecule has 0 amide bonds. The van der Waals surface area contributed by atoms with E-state index in [0.29, 0.717) is 6.04 Å². The van der Waals surface area contributed by atoms with Crippen molar-refractivity contribution < 1.29 is 0 Å². The van der Waals surface area contributed by atoms with E-state index in [-0.39, 0.29) is 0 Å². The van der Waals surface area contributed by atoms with Crippen molar-refractivity contribution in [1.82, 2.24) is 4.90 Å². The maximum Gasteiger partial charge on any atom is 0.0230 e. The predicted octanol–water partition coefficient (Wildman–Crippen LogP) is 3.02. The van der Waals surface area contributed by atoms with Gasteiger partial charge in [-0.25, -0.2) is 0 Å². The van der Waals surface area contributed by atoms with Gasteiger partial charge < -0.3 is 0 Å². The number of rotatable bonds is 5. The lowest BCUT2D eigenvalue weighted by Crippen LogP contribution is -2.27. The smallest absolute Gasteiger partial charge is 0.0230 e. The highest BCUT2D eigenvalue weighted by Crippen LogP contribution is 2.03. The van der Waals surface area contributed by atoms with Gasteiger partial charge in [-0.1, -0.05) is 30.9 Å². The van der Waals surface area contributed by atoms with Crippen LogP contribution in [0.1, 0.15) is 20.8 Å². The summed E-state index contributed by atoms with van der Waals surface area (Å²) in [4.78, 5) is 2.31. The molecule has 0 spiro atoms. The Morgan fingerprint density at radius 1 is 1.46 bits per heavy atom. The fourth-order valence-electron chi connectivity index (χ4n) is 0.902. The maximum absolute atomic E-state index is 3.65. The van der Waals surface area contributed by atoms with Crippen LogP contribution < -0.4 is 0 Å². The molecule has 0 heterocycles. The minimum absolute atomic E-state index is 0.590. The molecule has 0 atom stereocenters. The number of likely N-dealkylation sites (N-methyl/N-ethyl adjacent to an activating group) is 1. The Hall–Kier alpha value is -0.820. The fraction of sp³-hybridized carbons (Fsp3) is 0.500. The van der Waals surface area contributed by atoms with E-state index in [4.69, 9.17) is 0 Å². The third kappa shape index (κ3) is 5.42. The third-order valence-electron chi connectivity index (χ3n) is 2.13. The summed E-state index contributed by atoms with van der Waals surface area (Å²) in [5.74, 6) is 0. The summed E-state index contributed by atoms with van der Waals surface area (Å²) in [5, 5.41) is 0. The molecular formula is C12H21N. The Bertz CT molecular complexity index is 199. The van der Waals surface area contributed by atoms with Crippen LogP contribution in [-0.2, 0) is 0 Å². The van der Waals surface area contributed by atoms with Crippen molar-refractivity contribution in [2.75, 3.05) is 13.6 Å². The van der Waals surface area contributed by atoms with E-state index in [1.807, 2.05) is 6.08 Å². The number of hydrogen-bond donors (Lipinski definition) is 0. The second-order valence-electron chi connectivity index (χ2n) is 3.47. The van der Waals surface area contributed by atoms with Gasteiger partial charge in [-0.2, -0.15) is 0 Å². The minimum atomic E-state index is 0.590. The van der Waals surface area contributed by atoms with E-state index >= 15 is 0 Å². The quantitative estimate of drug-likeness (QED) is 0.586. The lowest BCUT2D eigenvalue weighted by molar-refractivity contribution is 0.298. The van der Waals surface area contributed by atoms with Crippen molar-refractivity contribution in [3.8, 4) is 0 Å². The van der Waals surface area contributed by atoms with Gasteiger partial charge in [0.25, 0.3) is 0 Å². The topological polar surface area (TPSA) is 3.24 Å². The van der Waals surface area contributed by atoms with E-state index in [2.05, 4.69) is 51.4 Å². The van der Waals surface area contributed by atoms with E-state index in [1.165, 1.54) is 5.57 Å². The molecule has 0 aliphatic carbocycles. The zero-order valence-corrected chi connectivity index (χ0v) is 9.25. The molecule has 0 saturated carbocycles. The normalized spacial score (nSPS) is 13.2. The van der Waals surface area contributed by atoms with E-state index in [0.717, 1.165) is 6.54 Å². The Balaban J connectivity index is 4.14. The van der Waals surface area contributed by atoms with Crippen LogP contribution in [-0.4, -0.2) is 24.5 Å². The van der Waals surface area contributed by atoms with E-state index in [9.17, 15) is 0 Å². The van der Waals surface area contributed by atoms with Crippen LogP contribution >= 0.6 is 0 Å². The van der Waals surface area contributed by atoms with Gasteiger partial charge in [0.2, 0.25) is 0 Å². The van der Waals surface area contributed by atoms with Gasteiger partial charge in [0, 0.05) is 12.6 Å². The average molecular weight is 179 g/mol. The van der Waals surface area contributed by atoms with Crippen LogP contribution in [0.5, 0.6) is 0 Å². The third-order valence-corrected chi connectivity index (χ3v) is 2.13. The molecule has 0 radical (unpaired) electrons. The summed E-state index contributed by atoms with van der Waals surface area (Å²) in [5.41, 5.74) is 1.33. The number of hydrogen-bond acceptors (Lipinski definition) is 1. The van der Waals surface area contributed by atoms with Gasteiger partial charge in [-0.15, -0.1) is 0 Å². The largest absolute Gasteiger partial charge is 0.300 e. The molecule has 13 heavy (non-hydrogen) atoms. The second kappa shape index (κ2) is 6.67. The van der Waals surface area contributed by atoms with Crippen LogP contribution in [0.3, 0.4) is 0 Å². The molecule has 0 aromatic rings. The minimum Gasteiger partial charge on any atom is -0.300 e. The first-order valence-corrected chi connectivity index (χ1v) is 4.76. The molecule has 0 aliphatic rings. The highest BCUT2D eigenvalue weighted by Gasteiger charge is 2.02. The van der Waals surface area contributed by atoms with Gasteiger partial charge in [0.05, 0.1) is 0 Å². The fourth-order valence-corrected chi connectivity index (χ4v) is 0.902. The van der Waals surface area contributed by atoms with Crippen molar-refractivity contribution in [3.05, 3.63) is 36.5 Å². The molecule has 1 nitrogen and oxygen atoms in total. The number of allylic oxidation sites excluding steroid dienone is 3. The molecule has 0 unspecified atom stereocenters. The molecule has 0 fully saturated rings. The standard InChI is InChI=1S/C12H21N/c1-6-8-9-12(7-2)10-13(5)11(3)4/h6-9,11H,1,10H2,2-5H3/b9-8-,12-7+. The van der Waals surface area contributed by atoms with Gasteiger partial charge in [0.1, 0.15) is 0 Å². The van der Waals surface area contributed by atoms with Crippen LogP contribution in [0.25, 0.3) is 0 Å². The first kappa shape index (κ1) is 12.2. The molecule has 0 saturated heterocycles. The first-order valence-electron chi connectivity index (χ1n) is 4.76. The summed E-state index contributed by atoms with van der Waals surface area (Å²) < 4.78 is 0.